The van der Waals surface area contributed by atoms with Crippen LogP contribution in [0.4, 0.5) is 0 Å². The molecule has 0 aromatic rings. The zero-order valence-corrected chi connectivity index (χ0v) is 4.18. The molecule has 1 heterocycles. The van der Waals surface area contributed by atoms with Gasteiger partial charge in [-0.15, -0.1) is 0 Å². The minimum absolute atomic E-state index is 0.556. The van der Waals surface area contributed by atoms with Crippen molar-refractivity contribution < 1.29 is 4.74 Å². The van der Waals surface area contributed by atoms with Crippen molar-refractivity contribution in [1.82, 2.24) is 0 Å². The van der Waals surface area contributed by atoms with Crippen LogP contribution in [-0.4, -0.2) is 12.7 Å². The molecule has 0 spiro atoms. The number of hydrogen-bond donors (Lipinski definition) is 0. The SMILES string of the molecule is C1=C2CCOC2C1. The van der Waals surface area contributed by atoms with Gasteiger partial charge in [0, 0.05) is 0 Å². The van der Waals surface area contributed by atoms with Gasteiger partial charge in [-0.05, 0) is 18.4 Å². The quantitative estimate of drug-likeness (QED) is 0.410. The second-order valence-corrected chi connectivity index (χ2v) is 2.12. The lowest BCUT2D eigenvalue weighted by Crippen LogP contribution is -2.13. The lowest BCUT2D eigenvalue weighted by Gasteiger charge is -2.16. The Kier molecular flexibility index (Phi) is 0.577. The van der Waals surface area contributed by atoms with Gasteiger partial charge in [0.15, 0.2) is 0 Å². The Morgan fingerprint density at radius 3 is 3.00 bits per heavy atom. The van der Waals surface area contributed by atoms with Crippen molar-refractivity contribution in [3.63, 3.8) is 0 Å². The Morgan fingerprint density at radius 2 is 2.71 bits per heavy atom. The summed E-state index contributed by atoms with van der Waals surface area (Å²) in [6.07, 6.45) is 5.21. The van der Waals surface area contributed by atoms with Gasteiger partial charge in [-0.1, -0.05) is 6.08 Å². The van der Waals surface area contributed by atoms with Crippen LogP contribution in [0.1, 0.15) is 12.8 Å². The lowest BCUT2D eigenvalue weighted by molar-refractivity contribution is 0.118. The molecule has 0 saturated carbocycles. The van der Waals surface area contributed by atoms with Crippen LogP contribution < -0.4 is 0 Å². The minimum Gasteiger partial charge on any atom is -0.373 e. The molecule has 1 saturated heterocycles. The van der Waals surface area contributed by atoms with Gasteiger partial charge in [-0.25, -0.2) is 0 Å². The second-order valence-electron chi connectivity index (χ2n) is 2.12. The molecule has 0 aromatic heterocycles. The molecule has 0 bridgehead atoms. The number of rotatable bonds is 0. The van der Waals surface area contributed by atoms with E-state index in [4.69, 9.17) is 4.74 Å². The summed E-state index contributed by atoms with van der Waals surface area (Å²) in [6, 6.07) is 0. The minimum atomic E-state index is 0.556. The first-order chi connectivity index (χ1) is 3.47. The molecule has 0 N–H and O–H groups in total. The standard InChI is InChI=1S/C6H8O/c1-2-6-5(1)3-4-7-6/h1,6H,2-4H2. The van der Waals surface area contributed by atoms with Crippen LogP contribution in [0.3, 0.4) is 0 Å². The molecular weight excluding hydrogens is 88.1 g/mol. The summed E-state index contributed by atoms with van der Waals surface area (Å²) in [7, 11) is 0. The summed E-state index contributed by atoms with van der Waals surface area (Å²) < 4.78 is 5.28. The highest BCUT2D eigenvalue weighted by Gasteiger charge is 2.26. The molecule has 1 unspecified atom stereocenters. The highest BCUT2D eigenvalue weighted by atomic mass is 16.5. The van der Waals surface area contributed by atoms with E-state index in [1.807, 2.05) is 0 Å². The van der Waals surface area contributed by atoms with E-state index in [1.165, 1.54) is 12.8 Å². The summed E-state index contributed by atoms with van der Waals surface area (Å²) in [6.45, 7) is 0.969. The maximum absolute atomic E-state index is 5.28. The molecule has 1 atom stereocenters. The Morgan fingerprint density at radius 1 is 1.71 bits per heavy atom. The van der Waals surface area contributed by atoms with Gasteiger partial charge in [-0.3, -0.25) is 0 Å². The topological polar surface area (TPSA) is 9.23 Å². The van der Waals surface area contributed by atoms with Crippen molar-refractivity contribution in [1.29, 1.82) is 0 Å². The lowest BCUT2D eigenvalue weighted by atomic mass is 9.95. The summed E-state index contributed by atoms with van der Waals surface area (Å²) in [5, 5.41) is 0. The van der Waals surface area contributed by atoms with Crippen molar-refractivity contribution in [2.24, 2.45) is 0 Å². The molecule has 1 aliphatic heterocycles. The van der Waals surface area contributed by atoms with Crippen molar-refractivity contribution in [3.05, 3.63) is 11.6 Å². The maximum atomic E-state index is 5.28. The normalized spacial score (nSPS) is 36.6. The number of fused-ring (bicyclic) bond motifs is 1. The van der Waals surface area contributed by atoms with Gasteiger partial charge in [0.2, 0.25) is 0 Å². The Hall–Kier alpha value is -0.300. The predicted octanol–water partition coefficient (Wildman–Crippen LogP) is 1.11. The highest BCUT2D eigenvalue weighted by Crippen LogP contribution is 2.30. The van der Waals surface area contributed by atoms with E-state index in [0.29, 0.717) is 6.10 Å². The molecule has 2 aliphatic rings. The molecule has 38 valence electrons. The first kappa shape index (κ1) is 3.67. The zero-order valence-electron chi connectivity index (χ0n) is 4.18. The van der Waals surface area contributed by atoms with Crippen molar-refractivity contribution >= 4 is 0 Å². The molecule has 1 aliphatic carbocycles. The average Bonchev–Trinajstić information content (AvgIpc) is 1.85. The van der Waals surface area contributed by atoms with Gasteiger partial charge in [0.1, 0.15) is 0 Å². The zero-order chi connectivity index (χ0) is 4.69. The molecule has 1 heteroatoms. The fraction of sp³-hybridized carbons (Fsp3) is 0.667. The van der Waals surface area contributed by atoms with Gasteiger partial charge < -0.3 is 4.74 Å². The summed E-state index contributed by atoms with van der Waals surface area (Å²) in [5.74, 6) is 0. The Balaban J connectivity index is 2.24. The molecular formula is C6H8O. The highest BCUT2D eigenvalue weighted by molar-refractivity contribution is 5.22. The van der Waals surface area contributed by atoms with Crippen LogP contribution >= 0.6 is 0 Å². The summed E-state index contributed by atoms with van der Waals surface area (Å²) >= 11 is 0. The average molecular weight is 96.1 g/mol. The molecule has 0 aromatic carbocycles. The molecule has 1 nitrogen and oxygen atoms in total. The predicted molar refractivity (Wildman–Crippen MR) is 27.1 cm³/mol. The fourth-order valence-electron chi connectivity index (χ4n) is 1.14. The van der Waals surface area contributed by atoms with Crippen LogP contribution in [0.5, 0.6) is 0 Å². The fourth-order valence-corrected chi connectivity index (χ4v) is 1.14. The van der Waals surface area contributed by atoms with E-state index in [0.717, 1.165) is 6.61 Å². The van der Waals surface area contributed by atoms with Gasteiger partial charge in [0.05, 0.1) is 12.7 Å². The van der Waals surface area contributed by atoms with E-state index in [9.17, 15) is 0 Å². The van der Waals surface area contributed by atoms with Crippen LogP contribution in [0.2, 0.25) is 0 Å². The van der Waals surface area contributed by atoms with E-state index in [2.05, 4.69) is 6.08 Å². The van der Waals surface area contributed by atoms with Gasteiger partial charge >= 0.3 is 0 Å². The maximum Gasteiger partial charge on any atom is 0.0820 e. The van der Waals surface area contributed by atoms with Crippen LogP contribution in [0.25, 0.3) is 0 Å². The van der Waals surface area contributed by atoms with Crippen molar-refractivity contribution in [2.45, 2.75) is 18.9 Å². The molecule has 7 heavy (non-hydrogen) atoms. The third-order valence-corrected chi connectivity index (χ3v) is 1.72. The van der Waals surface area contributed by atoms with E-state index in [1.54, 1.807) is 5.57 Å². The molecule has 1 fully saturated rings. The Labute approximate surface area is 43.0 Å². The van der Waals surface area contributed by atoms with Gasteiger partial charge in [0.25, 0.3) is 0 Å². The first-order valence-corrected chi connectivity index (χ1v) is 2.77. The second kappa shape index (κ2) is 1.10. The number of ether oxygens (including phenoxy) is 1. The number of hydrogen-bond acceptors (Lipinski definition) is 1. The first-order valence-electron chi connectivity index (χ1n) is 2.77. The van der Waals surface area contributed by atoms with Crippen molar-refractivity contribution in [2.75, 3.05) is 6.61 Å². The third kappa shape index (κ3) is 0.361. The smallest absolute Gasteiger partial charge is 0.0820 e. The molecule has 2 rings (SSSR count). The largest absolute Gasteiger partial charge is 0.373 e. The molecule has 0 amide bonds. The van der Waals surface area contributed by atoms with Crippen molar-refractivity contribution in [3.8, 4) is 0 Å². The van der Waals surface area contributed by atoms with Crippen LogP contribution in [0, 0.1) is 0 Å². The summed E-state index contributed by atoms with van der Waals surface area (Å²) in [4.78, 5) is 0. The van der Waals surface area contributed by atoms with Gasteiger partial charge in [-0.2, -0.15) is 0 Å². The van der Waals surface area contributed by atoms with E-state index >= 15 is 0 Å². The summed E-state index contributed by atoms with van der Waals surface area (Å²) in [5.41, 5.74) is 1.54. The van der Waals surface area contributed by atoms with E-state index < -0.39 is 0 Å². The Bertz CT molecular complexity index is 115. The monoisotopic (exact) mass is 96.1 g/mol. The molecule has 0 radical (unpaired) electrons. The third-order valence-electron chi connectivity index (χ3n) is 1.72. The van der Waals surface area contributed by atoms with Crippen LogP contribution in [-0.2, 0) is 4.74 Å². The van der Waals surface area contributed by atoms with Crippen LogP contribution in [0.15, 0.2) is 11.6 Å². The van der Waals surface area contributed by atoms with E-state index in [-0.39, 0.29) is 0 Å².